The zero-order chi connectivity index (χ0) is 23.0. The van der Waals surface area contributed by atoms with Gasteiger partial charge in [-0.05, 0) is 78.6 Å². The van der Waals surface area contributed by atoms with Crippen molar-refractivity contribution in [1.82, 2.24) is 0 Å². The van der Waals surface area contributed by atoms with E-state index in [0.717, 1.165) is 18.4 Å². The van der Waals surface area contributed by atoms with Crippen molar-refractivity contribution in [1.29, 1.82) is 0 Å². The lowest BCUT2D eigenvalue weighted by molar-refractivity contribution is 0.0733. The Bertz CT molecular complexity index is 1240. The maximum Gasteiger partial charge on any atom is 0.343 e. The van der Waals surface area contributed by atoms with Crippen molar-refractivity contribution in [3.8, 4) is 5.75 Å². The Morgan fingerprint density at radius 3 is 2.12 bits per heavy atom. The van der Waals surface area contributed by atoms with Gasteiger partial charge in [0.1, 0.15) is 5.75 Å². The van der Waals surface area contributed by atoms with E-state index in [0.29, 0.717) is 27.6 Å². The molecule has 0 aliphatic rings. The molecule has 0 saturated carbocycles. The Labute approximate surface area is 197 Å². The van der Waals surface area contributed by atoms with E-state index in [1.807, 2.05) is 36.4 Å². The predicted molar refractivity (Wildman–Crippen MR) is 131 cm³/mol. The summed E-state index contributed by atoms with van der Waals surface area (Å²) in [5.41, 5.74) is 3.79. The monoisotopic (exact) mass is 455 g/mol. The maximum atomic E-state index is 12.8. The summed E-state index contributed by atoms with van der Waals surface area (Å²) in [7, 11) is 0. The van der Waals surface area contributed by atoms with E-state index in [4.69, 9.17) is 16.3 Å². The number of halogens is 1. The van der Waals surface area contributed by atoms with E-state index in [9.17, 15) is 9.59 Å². The Balaban J connectivity index is 1.39. The van der Waals surface area contributed by atoms with Crippen LogP contribution in [0.15, 0.2) is 103 Å². The van der Waals surface area contributed by atoms with Gasteiger partial charge in [-0.2, -0.15) is 0 Å². The number of nitrogens with one attached hydrogen (secondary N) is 1. The second-order valence-electron chi connectivity index (χ2n) is 7.52. The largest absolute Gasteiger partial charge is 0.423 e. The van der Waals surface area contributed by atoms with E-state index in [1.54, 1.807) is 54.6 Å². The van der Waals surface area contributed by atoms with E-state index in [1.165, 1.54) is 5.56 Å². The van der Waals surface area contributed by atoms with Crippen LogP contribution in [0, 0.1) is 0 Å². The highest BCUT2D eigenvalue weighted by molar-refractivity contribution is 6.30. The van der Waals surface area contributed by atoms with Crippen molar-refractivity contribution in [3.63, 3.8) is 0 Å². The van der Waals surface area contributed by atoms with Crippen molar-refractivity contribution in [2.75, 3.05) is 5.32 Å². The topological polar surface area (TPSA) is 55.4 Å². The van der Waals surface area contributed by atoms with Crippen LogP contribution < -0.4 is 10.1 Å². The standard InChI is InChI=1S/C28H22ClNO3/c29-23-14-16-24(17-15-23)30-27(31)22-12-18-25(19-13-22)33-28(32)26-9-5-4-8-21(26)11-10-20-6-2-1-3-7-20/h1-9,12-19H,10-11H2,(H,30,31). The van der Waals surface area contributed by atoms with Crippen molar-refractivity contribution >= 4 is 29.2 Å². The molecule has 4 rings (SSSR count). The summed E-state index contributed by atoms with van der Waals surface area (Å²) < 4.78 is 5.57. The lowest BCUT2D eigenvalue weighted by atomic mass is 10.00. The van der Waals surface area contributed by atoms with Gasteiger partial charge in [-0.15, -0.1) is 0 Å². The van der Waals surface area contributed by atoms with Crippen LogP contribution in [0.4, 0.5) is 5.69 Å². The van der Waals surface area contributed by atoms with Crippen LogP contribution in [-0.2, 0) is 12.8 Å². The molecule has 0 heterocycles. The minimum absolute atomic E-state index is 0.263. The van der Waals surface area contributed by atoms with Crippen LogP contribution in [-0.4, -0.2) is 11.9 Å². The number of rotatable bonds is 7. The third-order valence-electron chi connectivity index (χ3n) is 5.19. The molecule has 1 N–H and O–H groups in total. The van der Waals surface area contributed by atoms with Gasteiger partial charge in [0.2, 0.25) is 0 Å². The Hall–Kier alpha value is -3.89. The molecule has 1 amide bonds. The molecule has 4 aromatic carbocycles. The highest BCUT2D eigenvalue weighted by Crippen LogP contribution is 2.19. The molecule has 0 bridgehead atoms. The van der Waals surface area contributed by atoms with Crippen molar-refractivity contribution in [2.45, 2.75) is 12.8 Å². The summed E-state index contributed by atoms with van der Waals surface area (Å²) >= 11 is 5.87. The fourth-order valence-corrected chi connectivity index (χ4v) is 3.56. The summed E-state index contributed by atoms with van der Waals surface area (Å²) in [6.45, 7) is 0. The molecule has 0 spiro atoms. The molecule has 5 heteroatoms. The quantitative estimate of drug-likeness (QED) is 0.252. The molecule has 0 atom stereocenters. The molecule has 0 aliphatic heterocycles. The van der Waals surface area contributed by atoms with Crippen LogP contribution >= 0.6 is 11.6 Å². The van der Waals surface area contributed by atoms with Crippen LogP contribution in [0.5, 0.6) is 5.75 Å². The van der Waals surface area contributed by atoms with Crippen molar-refractivity contribution in [3.05, 3.63) is 130 Å². The number of esters is 1. The minimum Gasteiger partial charge on any atom is -0.423 e. The van der Waals surface area contributed by atoms with Gasteiger partial charge < -0.3 is 10.1 Å². The molecule has 0 radical (unpaired) electrons. The highest BCUT2D eigenvalue weighted by atomic mass is 35.5. The zero-order valence-corrected chi connectivity index (χ0v) is 18.6. The van der Waals surface area contributed by atoms with Gasteiger partial charge in [-0.3, -0.25) is 4.79 Å². The summed E-state index contributed by atoms with van der Waals surface area (Å²) in [5, 5.41) is 3.40. The highest BCUT2D eigenvalue weighted by Gasteiger charge is 2.14. The zero-order valence-electron chi connectivity index (χ0n) is 17.8. The third kappa shape index (κ3) is 6.09. The van der Waals surface area contributed by atoms with Gasteiger partial charge >= 0.3 is 5.97 Å². The summed E-state index contributed by atoms with van der Waals surface area (Å²) in [5.74, 6) is -0.306. The fourth-order valence-electron chi connectivity index (χ4n) is 3.43. The number of anilines is 1. The number of hydrogen-bond donors (Lipinski definition) is 1. The number of ether oxygens (including phenoxy) is 1. The van der Waals surface area contributed by atoms with Crippen molar-refractivity contribution in [2.24, 2.45) is 0 Å². The minimum atomic E-state index is -0.419. The van der Waals surface area contributed by atoms with Gasteiger partial charge in [0.25, 0.3) is 5.91 Å². The summed E-state index contributed by atoms with van der Waals surface area (Å²) in [6.07, 6.45) is 1.57. The number of amides is 1. The smallest absolute Gasteiger partial charge is 0.343 e. The fraction of sp³-hybridized carbons (Fsp3) is 0.0714. The van der Waals surface area contributed by atoms with Crippen LogP contribution in [0.1, 0.15) is 31.8 Å². The predicted octanol–water partition coefficient (Wildman–Crippen LogP) is 6.60. The number of hydrogen-bond acceptors (Lipinski definition) is 3. The molecule has 0 aromatic heterocycles. The Morgan fingerprint density at radius 1 is 0.727 bits per heavy atom. The van der Waals surface area contributed by atoms with E-state index >= 15 is 0 Å². The van der Waals surface area contributed by atoms with Gasteiger partial charge in [-0.1, -0.05) is 60.1 Å². The molecule has 0 aliphatic carbocycles. The van der Waals surface area contributed by atoms with Crippen LogP contribution in [0.3, 0.4) is 0 Å². The first-order chi connectivity index (χ1) is 16.1. The van der Waals surface area contributed by atoms with Crippen LogP contribution in [0.25, 0.3) is 0 Å². The first-order valence-corrected chi connectivity index (χ1v) is 11.0. The van der Waals surface area contributed by atoms with Crippen LogP contribution in [0.2, 0.25) is 5.02 Å². The SMILES string of the molecule is O=C(Nc1ccc(Cl)cc1)c1ccc(OC(=O)c2ccccc2CCc2ccccc2)cc1. The first kappa shape index (κ1) is 22.3. The molecule has 0 saturated heterocycles. The number of carbonyl (C=O) groups is 2. The lowest BCUT2D eigenvalue weighted by Gasteiger charge is -2.10. The molecule has 0 unspecified atom stereocenters. The molecule has 4 aromatic rings. The second kappa shape index (κ2) is 10.6. The number of aryl methyl sites for hydroxylation is 2. The number of benzene rings is 4. The van der Waals surface area contributed by atoms with E-state index in [-0.39, 0.29) is 5.91 Å². The number of carbonyl (C=O) groups excluding carboxylic acids is 2. The average Bonchev–Trinajstić information content (AvgIpc) is 2.85. The van der Waals surface area contributed by atoms with Crippen molar-refractivity contribution < 1.29 is 14.3 Å². The van der Waals surface area contributed by atoms with Gasteiger partial charge in [0, 0.05) is 16.3 Å². The molecule has 0 fully saturated rings. The summed E-state index contributed by atoms with van der Waals surface area (Å²) in [4.78, 5) is 25.3. The Kier molecular flexibility index (Phi) is 7.18. The normalized spacial score (nSPS) is 10.5. The molecular weight excluding hydrogens is 434 g/mol. The maximum absolute atomic E-state index is 12.8. The Morgan fingerprint density at radius 2 is 1.39 bits per heavy atom. The molecular formula is C28H22ClNO3. The van der Waals surface area contributed by atoms with E-state index < -0.39 is 5.97 Å². The summed E-state index contributed by atoms with van der Waals surface area (Å²) in [6, 6.07) is 31.0. The van der Waals surface area contributed by atoms with Gasteiger partial charge in [0.05, 0.1) is 5.56 Å². The van der Waals surface area contributed by atoms with Gasteiger partial charge in [-0.25, -0.2) is 4.79 Å². The van der Waals surface area contributed by atoms with E-state index in [2.05, 4.69) is 17.4 Å². The molecule has 164 valence electrons. The second-order valence-corrected chi connectivity index (χ2v) is 7.95. The first-order valence-electron chi connectivity index (χ1n) is 10.6. The third-order valence-corrected chi connectivity index (χ3v) is 5.44. The van der Waals surface area contributed by atoms with Gasteiger partial charge in [0.15, 0.2) is 0 Å². The average molecular weight is 456 g/mol. The lowest BCUT2D eigenvalue weighted by Crippen LogP contribution is -2.13. The molecule has 4 nitrogen and oxygen atoms in total. The molecule has 33 heavy (non-hydrogen) atoms.